The van der Waals surface area contributed by atoms with Crippen LogP contribution in [0.3, 0.4) is 0 Å². The number of hydrogen-bond donors (Lipinski definition) is 1. The first kappa shape index (κ1) is 15.6. The summed E-state index contributed by atoms with van der Waals surface area (Å²) >= 11 is 0. The highest BCUT2D eigenvalue weighted by molar-refractivity contribution is 5.28. The van der Waals surface area contributed by atoms with Crippen LogP contribution in [-0.2, 0) is 12.8 Å². The third-order valence-corrected chi connectivity index (χ3v) is 3.82. The van der Waals surface area contributed by atoms with Gasteiger partial charge in [-0.25, -0.2) is 0 Å². The molecule has 0 spiro atoms. The highest BCUT2D eigenvalue weighted by atomic mass is 16.5. The van der Waals surface area contributed by atoms with Crippen molar-refractivity contribution >= 4 is 0 Å². The molecule has 0 radical (unpaired) electrons. The van der Waals surface area contributed by atoms with E-state index in [1.54, 1.807) is 7.11 Å². The molecule has 2 heteroatoms. The largest absolute Gasteiger partial charge is 0.497 e. The lowest BCUT2D eigenvalue weighted by Crippen LogP contribution is -2.38. The van der Waals surface area contributed by atoms with Crippen molar-refractivity contribution in [3.63, 3.8) is 0 Å². The second-order valence-corrected chi connectivity index (χ2v) is 6.02. The van der Waals surface area contributed by atoms with Gasteiger partial charge >= 0.3 is 0 Å². The standard InChI is InChI=1S/C19H25NO/c1-19(20,14-6-9-16-7-4-3-5-8-16)15-17-10-12-18(21-2)13-11-17/h3-5,7-8,10-13H,6,9,14-15,20H2,1-2H3. The Balaban J connectivity index is 1.83. The lowest BCUT2D eigenvalue weighted by Gasteiger charge is -2.25. The number of hydrogen-bond acceptors (Lipinski definition) is 2. The number of aryl methyl sites for hydroxylation is 1. The number of methoxy groups -OCH3 is 1. The van der Waals surface area contributed by atoms with Gasteiger partial charge < -0.3 is 10.5 Å². The maximum Gasteiger partial charge on any atom is 0.118 e. The molecule has 112 valence electrons. The zero-order chi connectivity index (χ0) is 15.1. The second kappa shape index (κ2) is 7.28. The molecule has 0 saturated carbocycles. The topological polar surface area (TPSA) is 35.2 Å². The molecule has 0 fully saturated rings. The van der Waals surface area contributed by atoms with Crippen molar-refractivity contribution in [2.24, 2.45) is 5.73 Å². The molecule has 2 aromatic rings. The van der Waals surface area contributed by atoms with Crippen molar-refractivity contribution in [1.82, 2.24) is 0 Å². The fourth-order valence-electron chi connectivity index (χ4n) is 2.64. The van der Waals surface area contributed by atoms with Crippen molar-refractivity contribution in [2.75, 3.05) is 7.11 Å². The summed E-state index contributed by atoms with van der Waals surface area (Å²) in [5.74, 6) is 0.890. The monoisotopic (exact) mass is 283 g/mol. The molecular formula is C19H25NO. The SMILES string of the molecule is COc1ccc(CC(C)(N)CCCc2ccccc2)cc1. The first-order valence-electron chi connectivity index (χ1n) is 7.55. The highest BCUT2D eigenvalue weighted by Gasteiger charge is 2.18. The molecule has 0 aliphatic heterocycles. The van der Waals surface area contributed by atoms with E-state index in [0.29, 0.717) is 0 Å². The third-order valence-electron chi connectivity index (χ3n) is 3.82. The quantitative estimate of drug-likeness (QED) is 0.834. The smallest absolute Gasteiger partial charge is 0.118 e. The van der Waals surface area contributed by atoms with Gasteiger partial charge in [0.25, 0.3) is 0 Å². The average Bonchev–Trinajstić information content (AvgIpc) is 2.48. The average molecular weight is 283 g/mol. The van der Waals surface area contributed by atoms with E-state index in [9.17, 15) is 0 Å². The van der Waals surface area contributed by atoms with Gasteiger partial charge in [-0.2, -0.15) is 0 Å². The molecule has 0 aromatic heterocycles. The Morgan fingerprint density at radius 3 is 2.24 bits per heavy atom. The Labute approximate surface area is 127 Å². The zero-order valence-electron chi connectivity index (χ0n) is 13.0. The summed E-state index contributed by atoms with van der Waals surface area (Å²) in [6, 6.07) is 18.8. The molecule has 0 bridgehead atoms. The number of rotatable bonds is 7. The molecule has 2 aromatic carbocycles. The van der Waals surface area contributed by atoms with E-state index >= 15 is 0 Å². The summed E-state index contributed by atoms with van der Waals surface area (Å²) in [7, 11) is 1.69. The van der Waals surface area contributed by atoms with Crippen LogP contribution in [0.4, 0.5) is 0 Å². The molecule has 1 atom stereocenters. The minimum Gasteiger partial charge on any atom is -0.497 e. The van der Waals surface area contributed by atoms with E-state index in [1.165, 1.54) is 11.1 Å². The molecule has 0 amide bonds. The molecule has 0 saturated heterocycles. The van der Waals surface area contributed by atoms with Gasteiger partial charge in [-0.1, -0.05) is 42.5 Å². The van der Waals surface area contributed by atoms with E-state index in [4.69, 9.17) is 10.5 Å². The van der Waals surface area contributed by atoms with Crippen LogP contribution in [0.15, 0.2) is 54.6 Å². The second-order valence-electron chi connectivity index (χ2n) is 6.02. The van der Waals surface area contributed by atoms with Crippen LogP contribution in [0.5, 0.6) is 5.75 Å². The molecule has 0 heterocycles. The fraction of sp³-hybridized carbons (Fsp3) is 0.368. The van der Waals surface area contributed by atoms with Gasteiger partial charge in [0.1, 0.15) is 5.75 Å². The molecule has 0 aliphatic carbocycles. The summed E-state index contributed by atoms with van der Waals surface area (Å²) < 4.78 is 5.18. The van der Waals surface area contributed by atoms with E-state index in [0.717, 1.165) is 31.4 Å². The minimum absolute atomic E-state index is 0.163. The van der Waals surface area contributed by atoms with Crippen LogP contribution in [0, 0.1) is 0 Å². The van der Waals surface area contributed by atoms with Crippen molar-refractivity contribution in [3.8, 4) is 5.75 Å². The summed E-state index contributed by atoms with van der Waals surface area (Å²) in [6.07, 6.45) is 4.13. The van der Waals surface area contributed by atoms with Crippen LogP contribution in [0.1, 0.15) is 30.9 Å². The minimum atomic E-state index is -0.163. The van der Waals surface area contributed by atoms with Crippen LogP contribution in [-0.4, -0.2) is 12.6 Å². The molecule has 2 nitrogen and oxygen atoms in total. The first-order valence-corrected chi connectivity index (χ1v) is 7.55. The van der Waals surface area contributed by atoms with Crippen molar-refractivity contribution in [3.05, 3.63) is 65.7 Å². The van der Waals surface area contributed by atoms with Gasteiger partial charge in [0.05, 0.1) is 7.11 Å². The first-order chi connectivity index (χ1) is 10.1. The fourth-order valence-corrected chi connectivity index (χ4v) is 2.64. The van der Waals surface area contributed by atoms with Crippen molar-refractivity contribution < 1.29 is 4.74 Å². The zero-order valence-corrected chi connectivity index (χ0v) is 13.0. The Morgan fingerprint density at radius 1 is 0.952 bits per heavy atom. The normalized spacial score (nSPS) is 13.7. The summed E-state index contributed by atoms with van der Waals surface area (Å²) in [5, 5.41) is 0. The number of benzene rings is 2. The Bertz CT molecular complexity index is 531. The van der Waals surface area contributed by atoms with Crippen LogP contribution in [0.25, 0.3) is 0 Å². The number of nitrogens with two attached hydrogens (primary N) is 1. The van der Waals surface area contributed by atoms with E-state index < -0.39 is 0 Å². The lowest BCUT2D eigenvalue weighted by molar-refractivity contribution is 0.409. The molecule has 1 unspecified atom stereocenters. The van der Waals surface area contributed by atoms with E-state index in [2.05, 4.69) is 49.4 Å². The van der Waals surface area contributed by atoms with Gasteiger partial charge in [0, 0.05) is 5.54 Å². The molecule has 21 heavy (non-hydrogen) atoms. The molecule has 2 rings (SSSR count). The van der Waals surface area contributed by atoms with Gasteiger partial charge in [0.15, 0.2) is 0 Å². The predicted molar refractivity (Wildman–Crippen MR) is 88.7 cm³/mol. The van der Waals surface area contributed by atoms with E-state index in [-0.39, 0.29) is 5.54 Å². The van der Waals surface area contributed by atoms with E-state index in [1.807, 2.05) is 12.1 Å². The van der Waals surface area contributed by atoms with Crippen molar-refractivity contribution in [2.45, 2.75) is 38.1 Å². The molecule has 0 aliphatic rings. The third kappa shape index (κ3) is 5.24. The highest BCUT2D eigenvalue weighted by Crippen LogP contribution is 2.20. The summed E-state index contributed by atoms with van der Waals surface area (Å²) in [4.78, 5) is 0. The maximum atomic E-state index is 6.45. The van der Waals surface area contributed by atoms with Gasteiger partial charge in [0.2, 0.25) is 0 Å². The van der Waals surface area contributed by atoms with Gasteiger partial charge in [-0.05, 0) is 55.9 Å². The lowest BCUT2D eigenvalue weighted by atomic mass is 9.88. The predicted octanol–water partition coefficient (Wildman–Crippen LogP) is 3.98. The Kier molecular flexibility index (Phi) is 5.40. The molecule has 2 N–H and O–H groups in total. The summed E-state index contributed by atoms with van der Waals surface area (Å²) in [6.45, 7) is 2.14. The van der Waals surface area contributed by atoms with Crippen LogP contribution < -0.4 is 10.5 Å². The van der Waals surface area contributed by atoms with Crippen molar-refractivity contribution in [1.29, 1.82) is 0 Å². The van der Waals surface area contributed by atoms with Crippen LogP contribution in [0.2, 0.25) is 0 Å². The maximum absolute atomic E-state index is 6.45. The van der Waals surface area contributed by atoms with Gasteiger partial charge in [-0.15, -0.1) is 0 Å². The van der Waals surface area contributed by atoms with Gasteiger partial charge in [-0.3, -0.25) is 0 Å². The Hall–Kier alpha value is -1.80. The Morgan fingerprint density at radius 2 is 1.62 bits per heavy atom. The van der Waals surface area contributed by atoms with Crippen LogP contribution >= 0.6 is 0 Å². The number of ether oxygens (including phenoxy) is 1. The summed E-state index contributed by atoms with van der Waals surface area (Å²) in [5.41, 5.74) is 8.94. The molecular weight excluding hydrogens is 258 g/mol.